The fourth-order valence-electron chi connectivity index (χ4n) is 1.27. The van der Waals surface area contributed by atoms with Gasteiger partial charge < -0.3 is 10.0 Å². The van der Waals surface area contributed by atoms with Crippen LogP contribution in [-0.2, 0) is 4.79 Å². The summed E-state index contributed by atoms with van der Waals surface area (Å²) in [6, 6.07) is -0.684. The molecule has 0 radical (unpaired) electrons. The van der Waals surface area contributed by atoms with Gasteiger partial charge >= 0.3 is 5.97 Å². The average molecular weight is 222 g/mol. The fourth-order valence-corrected chi connectivity index (χ4v) is 1.27. The number of rotatable bonds is 3. The third-order valence-corrected chi connectivity index (χ3v) is 2.39. The van der Waals surface area contributed by atoms with Crippen LogP contribution < -0.4 is 4.90 Å². The van der Waals surface area contributed by atoms with E-state index in [9.17, 15) is 4.79 Å². The first kappa shape index (κ1) is 10.3. The summed E-state index contributed by atoms with van der Waals surface area (Å²) in [5.41, 5.74) is 0.474. The van der Waals surface area contributed by atoms with Gasteiger partial charge in [0.1, 0.15) is 6.04 Å². The molecule has 0 aliphatic heterocycles. The molecule has 0 aromatic carbocycles. The molecule has 1 unspecified atom stereocenters. The summed E-state index contributed by atoms with van der Waals surface area (Å²) in [6.07, 6.45) is 3.02. The highest BCUT2D eigenvalue weighted by atomic mass is 16.4. The van der Waals surface area contributed by atoms with Crippen LogP contribution in [0.15, 0.2) is 12.4 Å². The topological polar surface area (TPSA) is 96.5 Å². The van der Waals surface area contributed by atoms with Crippen molar-refractivity contribution in [1.82, 2.24) is 25.0 Å². The van der Waals surface area contributed by atoms with Gasteiger partial charge in [0.2, 0.25) is 0 Å². The van der Waals surface area contributed by atoms with E-state index in [2.05, 4.69) is 20.5 Å². The van der Waals surface area contributed by atoms with Crippen LogP contribution in [-0.4, -0.2) is 49.2 Å². The third kappa shape index (κ3) is 1.53. The Balaban J connectivity index is 2.46. The molecule has 0 fully saturated rings. The summed E-state index contributed by atoms with van der Waals surface area (Å²) in [5.74, 6) is -0.398. The highest BCUT2D eigenvalue weighted by Crippen LogP contribution is 2.13. The van der Waals surface area contributed by atoms with E-state index < -0.39 is 12.0 Å². The van der Waals surface area contributed by atoms with Crippen molar-refractivity contribution in [3.8, 4) is 0 Å². The van der Waals surface area contributed by atoms with Crippen molar-refractivity contribution in [1.29, 1.82) is 0 Å². The van der Waals surface area contributed by atoms with Gasteiger partial charge in [-0.2, -0.15) is 4.52 Å². The van der Waals surface area contributed by atoms with Crippen molar-refractivity contribution in [2.75, 3.05) is 11.9 Å². The lowest BCUT2D eigenvalue weighted by molar-refractivity contribution is -0.138. The number of carboxylic acid groups (broad SMARTS) is 1. The maximum atomic E-state index is 10.9. The van der Waals surface area contributed by atoms with E-state index in [1.807, 2.05) is 0 Å². The van der Waals surface area contributed by atoms with E-state index >= 15 is 0 Å². The highest BCUT2D eigenvalue weighted by Gasteiger charge is 2.20. The molecule has 0 bridgehead atoms. The molecule has 16 heavy (non-hydrogen) atoms. The highest BCUT2D eigenvalue weighted by molar-refractivity contribution is 5.77. The number of carboxylic acids is 1. The monoisotopic (exact) mass is 222 g/mol. The fraction of sp³-hybridized carbons (Fsp3) is 0.375. The molecule has 1 N–H and O–H groups in total. The van der Waals surface area contributed by atoms with Crippen LogP contribution in [0.4, 0.5) is 5.82 Å². The lowest BCUT2D eigenvalue weighted by Gasteiger charge is -2.22. The lowest BCUT2D eigenvalue weighted by Crippen LogP contribution is -2.37. The molecule has 8 heteroatoms. The Labute approximate surface area is 90.5 Å². The Kier molecular flexibility index (Phi) is 2.39. The third-order valence-electron chi connectivity index (χ3n) is 2.39. The largest absolute Gasteiger partial charge is 0.480 e. The first-order valence-electron chi connectivity index (χ1n) is 4.59. The second kappa shape index (κ2) is 3.72. The molecule has 0 aliphatic rings. The molecule has 0 spiro atoms. The maximum absolute atomic E-state index is 10.9. The summed E-state index contributed by atoms with van der Waals surface area (Å²) in [7, 11) is 1.65. The van der Waals surface area contributed by atoms with Crippen LogP contribution in [0.3, 0.4) is 0 Å². The van der Waals surface area contributed by atoms with E-state index in [1.165, 1.54) is 16.9 Å². The van der Waals surface area contributed by atoms with Gasteiger partial charge in [-0.3, -0.25) is 4.98 Å². The second-order valence-electron chi connectivity index (χ2n) is 3.34. The molecule has 84 valence electrons. The summed E-state index contributed by atoms with van der Waals surface area (Å²) in [4.78, 5) is 16.4. The zero-order chi connectivity index (χ0) is 11.7. The molecule has 2 aromatic heterocycles. The van der Waals surface area contributed by atoms with Gasteiger partial charge in [-0.25, -0.2) is 4.79 Å². The summed E-state index contributed by atoms with van der Waals surface area (Å²) in [6.45, 7) is 1.57. The second-order valence-corrected chi connectivity index (χ2v) is 3.34. The van der Waals surface area contributed by atoms with Gasteiger partial charge in [0.25, 0.3) is 0 Å². The molecule has 2 rings (SSSR count). The number of nitrogens with zero attached hydrogens (tertiary/aromatic N) is 6. The van der Waals surface area contributed by atoms with Crippen LogP contribution in [0.5, 0.6) is 0 Å². The van der Waals surface area contributed by atoms with Gasteiger partial charge in [0, 0.05) is 7.05 Å². The Hall–Kier alpha value is -2.25. The predicted octanol–water partition coefficient (Wildman–Crippen LogP) is -0.571. The molecule has 8 nitrogen and oxygen atoms in total. The number of carbonyl (C=O) groups is 1. The Morgan fingerprint density at radius 3 is 3.00 bits per heavy atom. The number of anilines is 1. The van der Waals surface area contributed by atoms with Gasteiger partial charge in [0.15, 0.2) is 11.5 Å². The van der Waals surface area contributed by atoms with Gasteiger partial charge in [0.05, 0.1) is 12.4 Å². The molecule has 0 saturated heterocycles. The van der Waals surface area contributed by atoms with E-state index in [-0.39, 0.29) is 0 Å². The Morgan fingerprint density at radius 1 is 1.56 bits per heavy atom. The summed E-state index contributed by atoms with van der Waals surface area (Å²) >= 11 is 0. The van der Waals surface area contributed by atoms with E-state index in [4.69, 9.17) is 5.11 Å². The number of aromatic nitrogens is 5. The first-order chi connectivity index (χ1) is 7.61. The van der Waals surface area contributed by atoms with Crippen LogP contribution >= 0.6 is 0 Å². The Bertz CT molecular complexity index is 524. The summed E-state index contributed by atoms with van der Waals surface area (Å²) in [5, 5.41) is 19.9. The van der Waals surface area contributed by atoms with Crippen molar-refractivity contribution in [2.45, 2.75) is 13.0 Å². The number of hydrogen-bond donors (Lipinski definition) is 1. The molecular weight excluding hydrogens is 212 g/mol. The van der Waals surface area contributed by atoms with Crippen LogP contribution in [0.1, 0.15) is 6.92 Å². The van der Waals surface area contributed by atoms with Gasteiger partial charge in [-0.15, -0.1) is 5.10 Å². The Morgan fingerprint density at radius 2 is 2.31 bits per heavy atom. The molecule has 0 amide bonds. The zero-order valence-electron chi connectivity index (χ0n) is 8.77. The number of fused-ring (bicyclic) bond motifs is 1. The summed E-state index contributed by atoms with van der Waals surface area (Å²) < 4.78 is 1.44. The number of tetrazole rings is 1. The predicted molar refractivity (Wildman–Crippen MR) is 54.1 cm³/mol. The number of aliphatic carboxylic acids is 1. The van der Waals surface area contributed by atoms with Crippen LogP contribution in [0.25, 0.3) is 5.65 Å². The molecule has 1 atom stereocenters. The van der Waals surface area contributed by atoms with Crippen molar-refractivity contribution in [3.05, 3.63) is 12.4 Å². The van der Waals surface area contributed by atoms with Crippen LogP contribution in [0, 0.1) is 0 Å². The van der Waals surface area contributed by atoms with Gasteiger partial charge in [-0.1, -0.05) is 0 Å². The molecular formula is C8H10N6O2. The maximum Gasteiger partial charge on any atom is 0.326 e. The van der Waals surface area contributed by atoms with E-state index in [1.54, 1.807) is 18.9 Å². The lowest BCUT2D eigenvalue weighted by atomic mass is 10.3. The standard InChI is InChI=1S/C8H10N6O2/c1-5(8(15)16)13(2)7-4-9-3-6-10-11-12-14(6)7/h3-5H,1-2H3,(H,15,16). The molecule has 0 aliphatic carbocycles. The number of hydrogen-bond acceptors (Lipinski definition) is 6. The quantitative estimate of drug-likeness (QED) is 0.742. The van der Waals surface area contributed by atoms with Crippen LogP contribution in [0.2, 0.25) is 0 Å². The normalized spacial score (nSPS) is 12.6. The smallest absolute Gasteiger partial charge is 0.326 e. The van der Waals surface area contributed by atoms with E-state index in [0.717, 1.165) is 0 Å². The molecule has 0 saturated carbocycles. The van der Waals surface area contributed by atoms with Crippen molar-refractivity contribution >= 4 is 17.4 Å². The minimum Gasteiger partial charge on any atom is -0.480 e. The van der Waals surface area contributed by atoms with Crippen molar-refractivity contribution < 1.29 is 9.90 Å². The van der Waals surface area contributed by atoms with Crippen molar-refractivity contribution in [2.24, 2.45) is 0 Å². The molecule has 2 heterocycles. The van der Waals surface area contributed by atoms with Crippen molar-refractivity contribution in [3.63, 3.8) is 0 Å². The first-order valence-corrected chi connectivity index (χ1v) is 4.59. The molecule has 2 aromatic rings. The minimum absolute atomic E-state index is 0.474. The average Bonchev–Trinajstić information content (AvgIpc) is 2.74. The minimum atomic E-state index is -0.924. The van der Waals surface area contributed by atoms with Gasteiger partial charge in [-0.05, 0) is 17.4 Å². The van der Waals surface area contributed by atoms with E-state index in [0.29, 0.717) is 11.5 Å². The SMILES string of the molecule is CC(C(=O)O)N(C)c1cncc2nnnn12. The zero-order valence-corrected chi connectivity index (χ0v) is 8.77. The number of likely N-dealkylation sites (N-methyl/N-ethyl adjacent to an activating group) is 1.